The molecule has 3 rings (SSSR count). The van der Waals surface area contributed by atoms with E-state index in [1.165, 1.54) is 0 Å². The molecule has 27 heavy (non-hydrogen) atoms. The number of amides is 2. The molecule has 0 aliphatic carbocycles. The Morgan fingerprint density at radius 2 is 1.52 bits per heavy atom. The first-order chi connectivity index (χ1) is 12.4. The minimum Gasteiger partial charge on any atom is -0.339 e. The maximum absolute atomic E-state index is 12.5. The highest BCUT2D eigenvalue weighted by Gasteiger charge is 2.21. The second-order valence-electron chi connectivity index (χ2n) is 6.32. The van der Waals surface area contributed by atoms with Gasteiger partial charge in [0.15, 0.2) is 0 Å². The molecule has 2 aromatic rings. The number of nitrogens with zero attached hydrogens (tertiary/aromatic N) is 1. The molecule has 3 N–H and O–H groups in total. The summed E-state index contributed by atoms with van der Waals surface area (Å²) in [6.45, 7) is 1.35. The molecule has 144 valence electrons. The minimum absolute atomic E-state index is 0. The number of piperidine rings is 1. The molecule has 0 aromatic heterocycles. The fourth-order valence-electron chi connectivity index (χ4n) is 2.87. The lowest BCUT2D eigenvalue weighted by Gasteiger charge is -2.30. The molecule has 0 unspecified atom stereocenters. The molecule has 1 aliphatic heterocycles. The molecule has 1 fully saturated rings. The Bertz CT molecular complexity index is 799. The first-order valence-corrected chi connectivity index (χ1v) is 9.10. The van der Waals surface area contributed by atoms with Crippen LogP contribution in [0.5, 0.6) is 0 Å². The Kier molecular flexibility index (Phi) is 7.50. The Balaban J connectivity index is 0.00000261. The number of hydrogen-bond donors (Lipinski definition) is 2. The van der Waals surface area contributed by atoms with Gasteiger partial charge in [0.2, 0.25) is 0 Å². The molecule has 0 atom stereocenters. The summed E-state index contributed by atoms with van der Waals surface area (Å²) in [5, 5.41) is 3.55. The number of rotatable bonds is 3. The summed E-state index contributed by atoms with van der Waals surface area (Å²) in [6.07, 6.45) is 1.64. The van der Waals surface area contributed by atoms with Gasteiger partial charge in [-0.3, -0.25) is 9.59 Å². The van der Waals surface area contributed by atoms with E-state index in [4.69, 9.17) is 28.9 Å². The van der Waals surface area contributed by atoms with Gasteiger partial charge in [-0.2, -0.15) is 0 Å². The normalized spacial score (nSPS) is 14.4. The van der Waals surface area contributed by atoms with Crippen LogP contribution in [0, 0.1) is 0 Å². The third-order valence-corrected chi connectivity index (χ3v) is 4.78. The van der Waals surface area contributed by atoms with Gasteiger partial charge >= 0.3 is 0 Å². The van der Waals surface area contributed by atoms with E-state index in [0.717, 1.165) is 12.8 Å². The molecule has 0 spiro atoms. The Labute approximate surface area is 174 Å². The lowest BCUT2D eigenvalue weighted by Crippen LogP contribution is -2.42. The van der Waals surface area contributed by atoms with Gasteiger partial charge in [0.05, 0.1) is 0 Å². The predicted molar refractivity (Wildman–Crippen MR) is 111 cm³/mol. The number of hydrogen-bond acceptors (Lipinski definition) is 3. The quantitative estimate of drug-likeness (QED) is 0.768. The summed E-state index contributed by atoms with van der Waals surface area (Å²) in [4.78, 5) is 26.6. The van der Waals surface area contributed by atoms with Crippen LogP contribution < -0.4 is 11.1 Å². The van der Waals surface area contributed by atoms with Crippen molar-refractivity contribution in [3.05, 3.63) is 63.6 Å². The fraction of sp³-hybridized carbons (Fsp3) is 0.263. The molecule has 0 saturated carbocycles. The van der Waals surface area contributed by atoms with E-state index in [1.807, 2.05) is 4.90 Å². The van der Waals surface area contributed by atoms with Crippen LogP contribution in [0.15, 0.2) is 42.5 Å². The van der Waals surface area contributed by atoms with Crippen LogP contribution in [0.2, 0.25) is 10.0 Å². The van der Waals surface area contributed by atoms with E-state index in [-0.39, 0.29) is 30.3 Å². The molecule has 1 saturated heterocycles. The standard InChI is InChI=1S/C19H19Cl2N3O2.ClH/c20-14-9-13(10-15(21)11-14)18(25)23-17-3-1-12(2-4-17)19(26)24-7-5-16(22)6-8-24;/h1-4,9-11,16H,5-8,22H2,(H,23,25);1H. The van der Waals surface area contributed by atoms with E-state index < -0.39 is 0 Å². The number of carbonyl (C=O) groups excluding carboxylic acids is 2. The van der Waals surface area contributed by atoms with E-state index >= 15 is 0 Å². The van der Waals surface area contributed by atoms with Crippen molar-refractivity contribution in [3.8, 4) is 0 Å². The fourth-order valence-corrected chi connectivity index (χ4v) is 3.40. The van der Waals surface area contributed by atoms with E-state index in [2.05, 4.69) is 5.32 Å². The molecule has 0 bridgehead atoms. The largest absolute Gasteiger partial charge is 0.339 e. The van der Waals surface area contributed by atoms with Gasteiger partial charge in [0.1, 0.15) is 0 Å². The SMILES string of the molecule is Cl.NC1CCN(C(=O)c2ccc(NC(=O)c3cc(Cl)cc(Cl)c3)cc2)CC1. The summed E-state index contributed by atoms with van der Waals surface area (Å²) in [6, 6.07) is 11.6. The van der Waals surface area contributed by atoms with E-state index in [9.17, 15) is 9.59 Å². The average molecular weight is 429 g/mol. The maximum Gasteiger partial charge on any atom is 0.255 e. The lowest BCUT2D eigenvalue weighted by atomic mass is 10.0. The van der Waals surface area contributed by atoms with Crippen molar-refractivity contribution in [1.29, 1.82) is 0 Å². The van der Waals surface area contributed by atoms with Crippen molar-refractivity contribution in [2.75, 3.05) is 18.4 Å². The van der Waals surface area contributed by atoms with Crippen molar-refractivity contribution >= 4 is 53.1 Å². The van der Waals surface area contributed by atoms with Crippen LogP contribution in [0.4, 0.5) is 5.69 Å². The van der Waals surface area contributed by atoms with Gasteiger partial charge in [-0.25, -0.2) is 0 Å². The van der Waals surface area contributed by atoms with Crippen molar-refractivity contribution in [1.82, 2.24) is 4.90 Å². The average Bonchev–Trinajstić information content (AvgIpc) is 2.61. The highest BCUT2D eigenvalue weighted by atomic mass is 35.5. The maximum atomic E-state index is 12.5. The molecule has 2 aromatic carbocycles. The molecule has 5 nitrogen and oxygen atoms in total. The molecular weight excluding hydrogens is 409 g/mol. The number of nitrogens with one attached hydrogen (secondary N) is 1. The van der Waals surface area contributed by atoms with Crippen molar-refractivity contribution in [3.63, 3.8) is 0 Å². The minimum atomic E-state index is -0.321. The summed E-state index contributed by atoms with van der Waals surface area (Å²) in [5.74, 6) is -0.338. The number of nitrogens with two attached hydrogens (primary N) is 1. The lowest BCUT2D eigenvalue weighted by molar-refractivity contribution is 0.0714. The second-order valence-corrected chi connectivity index (χ2v) is 7.19. The zero-order valence-electron chi connectivity index (χ0n) is 14.5. The first kappa shape index (κ1) is 21.5. The van der Waals surface area contributed by atoms with Crippen LogP contribution in [0.1, 0.15) is 33.6 Å². The Morgan fingerprint density at radius 3 is 2.07 bits per heavy atom. The highest BCUT2D eigenvalue weighted by molar-refractivity contribution is 6.35. The summed E-state index contributed by atoms with van der Waals surface area (Å²) in [7, 11) is 0. The Hall–Kier alpha value is -1.79. The molecule has 8 heteroatoms. The summed E-state index contributed by atoms with van der Waals surface area (Å²) < 4.78 is 0. The predicted octanol–water partition coefficient (Wildman–Crippen LogP) is 4.23. The monoisotopic (exact) mass is 427 g/mol. The van der Waals surface area contributed by atoms with Crippen molar-refractivity contribution < 1.29 is 9.59 Å². The van der Waals surface area contributed by atoms with Gasteiger partial charge in [0, 0.05) is 46.0 Å². The van der Waals surface area contributed by atoms with Gasteiger partial charge in [-0.1, -0.05) is 23.2 Å². The third kappa shape index (κ3) is 5.59. The number of carbonyl (C=O) groups is 2. The number of benzene rings is 2. The van der Waals surface area contributed by atoms with Crippen molar-refractivity contribution in [2.45, 2.75) is 18.9 Å². The van der Waals surface area contributed by atoms with Gasteiger partial charge in [-0.05, 0) is 55.3 Å². The van der Waals surface area contributed by atoms with E-state index in [1.54, 1.807) is 42.5 Å². The van der Waals surface area contributed by atoms with Gasteiger partial charge in [-0.15, -0.1) is 12.4 Å². The number of anilines is 1. The summed E-state index contributed by atoms with van der Waals surface area (Å²) >= 11 is 11.8. The third-order valence-electron chi connectivity index (χ3n) is 4.34. The molecule has 1 aliphatic rings. The van der Waals surface area contributed by atoms with Crippen LogP contribution in [0.3, 0.4) is 0 Å². The van der Waals surface area contributed by atoms with Gasteiger partial charge < -0.3 is 16.0 Å². The molecular formula is C19H20Cl3N3O2. The van der Waals surface area contributed by atoms with Gasteiger partial charge in [0.25, 0.3) is 11.8 Å². The summed E-state index contributed by atoms with van der Waals surface area (Å²) in [5.41, 5.74) is 7.42. The zero-order valence-corrected chi connectivity index (χ0v) is 16.8. The topological polar surface area (TPSA) is 75.4 Å². The van der Waals surface area contributed by atoms with Crippen LogP contribution in [0.25, 0.3) is 0 Å². The van der Waals surface area contributed by atoms with Crippen LogP contribution >= 0.6 is 35.6 Å². The van der Waals surface area contributed by atoms with E-state index in [0.29, 0.717) is 39.9 Å². The highest BCUT2D eigenvalue weighted by Crippen LogP contribution is 2.21. The van der Waals surface area contributed by atoms with Crippen LogP contribution in [-0.2, 0) is 0 Å². The first-order valence-electron chi connectivity index (χ1n) is 8.35. The van der Waals surface area contributed by atoms with Crippen LogP contribution in [-0.4, -0.2) is 35.8 Å². The smallest absolute Gasteiger partial charge is 0.255 e. The zero-order chi connectivity index (χ0) is 18.7. The second kappa shape index (κ2) is 9.42. The molecule has 2 amide bonds. The molecule has 0 radical (unpaired) electrons. The molecule has 1 heterocycles. The van der Waals surface area contributed by atoms with Crippen molar-refractivity contribution in [2.24, 2.45) is 5.73 Å². The Morgan fingerprint density at radius 1 is 0.963 bits per heavy atom. The number of likely N-dealkylation sites (tertiary alicyclic amines) is 1. The number of halogens is 3.